The molecule has 0 N–H and O–H groups in total. The van der Waals surface area contributed by atoms with Gasteiger partial charge in [-0.15, -0.1) is 0 Å². The highest BCUT2D eigenvalue weighted by Gasteiger charge is 2.11. The van der Waals surface area contributed by atoms with Gasteiger partial charge in [0.2, 0.25) is 0 Å². The molecule has 15 heavy (non-hydrogen) atoms. The Morgan fingerprint density at radius 2 is 1.87 bits per heavy atom. The number of hydrogen-bond acceptors (Lipinski definition) is 1. The highest BCUT2D eigenvalue weighted by molar-refractivity contribution is 5.16. The van der Waals surface area contributed by atoms with Gasteiger partial charge >= 0.3 is 0 Å². The van der Waals surface area contributed by atoms with Crippen LogP contribution in [-0.4, -0.2) is 18.0 Å². The van der Waals surface area contributed by atoms with Crippen molar-refractivity contribution >= 4 is 0 Å². The van der Waals surface area contributed by atoms with Crippen LogP contribution in [0.15, 0.2) is 24.3 Å². The molecule has 1 fully saturated rings. The van der Waals surface area contributed by atoms with E-state index in [0.29, 0.717) is 0 Å². The molecular formula is C13H20FN. The zero-order chi connectivity index (χ0) is 11.1. The van der Waals surface area contributed by atoms with Crippen LogP contribution in [0.3, 0.4) is 0 Å². The number of nitrogens with zero attached hydrogens (tertiary/aromatic N) is 1. The van der Waals surface area contributed by atoms with Crippen molar-refractivity contribution in [2.75, 3.05) is 13.1 Å². The SMILES string of the molecule is CC.Fc1cccc(CN2CCCC2)c1. The molecule has 1 heterocycles. The molecular weight excluding hydrogens is 189 g/mol. The molecule has 0 radical (unpaired) electrons. The molecule has 0 bridgehead atoms. The average Bonchev–Trinajstić information content (AvgIpc) is 2.74. The van der Waals surface area contributed by atoms with E-state index in [1.54, 1.807) is 12.1 Å². The first kappa shape index (κ1) is 12.2. The van der Waals surface area contributed by atoms with Crippen molar-refractivity contribution in [2.45, 2.75) is 33.2 Å². The van der Waals surface area contributed by atoms with Gasteiger partial charge in [0, 0.05) is 6.54 Å². The van der Waals surface area contributed by atoms with Gasteiger partial charge in [-0.1, -0.05) is 26.0 Å². The molecule has 0 aliphatic carbocycles. The van der Waals surface area contributed by atoms with E-state index in [1.165, 1.54) is 18.9 Å². The Kier molecular flexibility index (Phi) is 5.33. The monoisotopic (exact) mass is 209 g/mol. The summed E-state index contributed by atoms with van der Waals surface area (Å²) in [4.78, 5) is 2.37. The summed E-state index contributed by atoms with van der Waals surface area (Å²) in [5, 5.41) is 0. The molecule has 1 aromatic carbocycles. The Hall–Kier alpha value is -0.890. The van der Waals surface area contributed by atoms with Gasteiger partial charge in [0.1, 0.15) is 5.82 Å². The van der Waals surface area contributed by atoms with Crippen LogP contribution in [0.25, 0.3) is 0 Å². The highest BCUT2D eigenvalue weighted by Crippen LogP contribution is 2.12. The fourth-order valence-electron chi connectivity index (χ4n) is 1.83. The minimum absolute atomic E-state index is 0.128. The van der Waals surface area contributed by atoms with Crippen molar-refractivity contribution in [3.05, 3.63) is 35.6 Å². The van der Waals surface area contributed by atoms with Crippen LogP contribution < -0.4 is 0 Å². The number of halogens is 1. The third-order valence-corrected chi connectivity index (χ3v) is 2.49. The maximum Gasteiger partial charge on any atom is 0.123 e. The van der Waals surface area contributed by atoms with Crippen molar-refractivity contribution in [1.82, 2.24) is 4.90 Å². The van der Waals surface area contributed by atoms with E-state index in [0.717, 1.165) is 25.2 Å². The van der Waals surface area contributed by atoms with Crippen molar-refractivity contribution in [1.29, 1.82) is 0 Å². The van der Waals surface area contributed by atoms with E-state index in [1.807, 2.05) is 19.9 Å². The third-order valence-electron chi connectivity index (χ3n) is 2.49. The predicted octanol–water partition coefficient (Wildman–Crippen LogP) is 3.45. The lowest BCUT2D eigenvalue weighted by molar-refractivity contribution is 0.331. The van der Waals surface area contributed by atoms with Gasteiger partial charge in [0.25, 0.3) is 0 Å². The van der Waals surface area contributed by atoms with Gasteiger partial charge in [-0.05, 0) is 43.6 Å². The third kappa shape index (κ3) is 4.00. The average molecular weight is 209 g/mol. The minimum atomic E-state index is -0.128. The molecule has 0 unspecified atom stereocenters. The van der Waals surface area contributed by atoms with Gasteiger partial charge in [-0.25, -0.2) is 4.39 Å². The van der Waals surface area contributed by atoms with Crippen LogP contribution in [0, 0.1) is 5.82 Å². The Bertz CT molecular complexity index is 280. The molecule has 0 atom stereocenters. The summed E-state index contributed by atoms with van der Waals surface area (Å²) in [7, 11) is 0. The molecule has 2 rings (SSSR count). The van der Waals surface area contributed by atoms with Crippen LogP contribution in [0.4, 0.5) is 4.39 Å². The van der Waals surface area contributed by atoms with Gasteiger partial charge < -0.3 is 0 Å². The summed E-state index contributed by atoms with van der Waals surface area (Å²) in [6.07, 6.45) is 2.57. The summed E-state index contributed by atoms with van der Waals surface area (Å²) < 4.78 is 12.8. The Morgan fingerprint density at radius 1 is 1.20 bits per heavy atom. The molecule has 2 heteroatoms. The number of rotatable bonds is 2. The molecule has 1 aliphatic heterocycles. The van der Waals surface area contributed by atoms with Gasteiger partial charge in [0.05, 0.1) is 0 Å². The van der Waals surface area contributed by atoms with Crippen molar-refractivity contribution < 1.29 is 4.39 Å². The summed E-state index contributed by atoms with van der Waals surface area (Å²) in [6, 6.07) is 6.88. The maximum absolute atomic E-state index is 12.8. The van der Waals surface area contributed by atoms with E-state index in [4.69, 9.17) is 0 Å². The van der Waals surface area contributed by atoms with Crippen LogP contribution in [0.5, 0.6) is 0 Å². The number of hydrogen-bond donors (Lipinski definition) is 0. The zero-order valence-electron chi connectivity index (χ0n) is 9.67. The fraction of sp³-hybridized carbons (Fsp3) is 0.538. The first-order valence-corrected chi connectivity index (χ1v) is 5.81. The largest absolute Gasteiger partial charge is 0.299 e. The van der Waals surface area contributed by atoms with Crippen molar-refractivity contribution in [3.63, 3.8) is 0 Å². The van der Waals surface area contributed by atoms with Crippen molar-refractivity contribution in [3.8, 4) is 0 Å². The number of likely N-dealkylation sites (tertiary alicyclic amines) is 1. The molecule has 0 spiro atoms. The lowest BCUT2D eigenvalue weighted by Gasteiger charge is -2.14. The Morgan fingerprint density at radius 3 is 2.47 bits per heavy atom. The molecule has 84 valence electrons. The summed E-state index contributed by atoms with van der Waals surface area (Å²) in [5.74, 6) is -0.128. The smallest absolute Gasteiger partial charge is 0.123 e. The lowest BCUT2D eigenvalue weighted by Crippen LogP contribution is -2.18. The molecule has 0 amide bonds. The van der Waals surface area contributed by atoms with Gasteiger partial charge in [0.15, 0.2) is 0 Å². The van der Waals surface area contributed by atoms with E-state index in [-0.39, 0.29) is 5.82 Å². The summed E-state index contributed by atoms with van der Waals surface area (Å²) >= 11 is 0. The molecule has 1 saturated heterocycles. The quantitative estimate of drug-likeness (QED) is 0.721. The molecule has 1 aromatic rings. The van der Waals surface area contributed by atoms with Crippen LogP contribution in [0.2, 0.25) is 0 Å². The van der Waals surface area contributed by atoms with Crippen LogP contribution in [-0.2, 0) is 6.54 Å². The Labute approximate surface area is 91.9 Å². The molecule has 0 saturated carbocycles. The summed E-state index contributed by atoms with van der Waals surface area (Å²) in [6.45, 7) is 7.23. The van der Waals surface area contributed by atoms with E-state index < -0.39 is 0 Å². The van der Waals surface area contributed by atoms with E-state index >= 15 is 0 Å². The topological polar surface area (TPSA) is 3.24 Å². The first-order chi connectivity index (χ1) is 7.34. The second kappa shape index (κ2) is 6.57. The molecule has 1 aliphatic rings. The second-order valence-corrected chi connectivity index (χ2v) is 3.61. The predicted molar refractivity (Wildman–Crippen MR) is 62.3 cm³/mol. The van der Waals surface area contributed by atoms with Crippen LogP contribution >= 0.6 is 0 Å². The van der Waals surface area contributed by atoms with E-state index in [9.17, 15) is 4.39 Å². The summed E-state index contributed by atoms with van der Waals surface area (Å²) in [5.41, 5.74) is 1.09. The Balaban J connectivity index is 0.000000531. The maximum atomic E-state index is 12.8. The fourth-order valence-corrected chi connectivity index (χ4v) is 1.83. The van der Waals surface area contributed by atoms with Gasteiger partial charge in [-0.3, -0.25) is 4.90 Å². The lowest BCUT2D eigenvalue weighted by atomic mass is 10.2. The highest BCUT2D eigenvalue weighted by atomic mass is 19.1. The molecule has 0 aromatic heterocycles. The number of benzene rings is 1. The second-order valence-electron chi connectivity index (χ2n) is 3.61. The van der Waals surface area contributed by atoms with E-state index in [2.05, 4.69) is 4.90 Å². The first-order valence-electron chi connectivity index (χ1n) is 5.81. The van der Waals surface area contributed by atoms with Crippen molar-refractivity contribution in [2.24, 2.45) is 0 Å². The normalized spacial score (nSPS) is 15.9. The van der Waals surface area contributed by atoms with Gasteiger partial charge in [-0.2, -0.15) is 0 Å². The zero-order valence-corrected chi connectivity index (χ0v) is 9.67. The standard InChI is InChI=1S/C11H14FN.C2H6/c12-11-5-3-4-10(8-11)9-13-6-1-2-7-13;1-2/h3-5,8H,1-2,6-7,9H2;1-2H3. The van der Waals surface area contributed by atoms with Crippen LogP contribution in [0.1, 0.15) is 32.3 Å². The minimum Gasteiger partial charge on any atom is -0.299 e. The molecule has 1 nitrogen and oxygen atoms in total.